The molecule has 1 amide bonds. The van der Waals surface area contributed by atoms with Crippen LogP contribution in [0.25, 0.3) is 0 Å². The molecule has 0 bridgehead atoms. The van der Waals surface area contributed by atoms with Crippen LogP contribution in [-0.4, -0.2) is 35.9 Å². The normalized spacial score (nSPS) is 29.7. The van der Waals surface area contributed by atoms with E-state index in [1.807, 2.05) is 13.8 Å². The van der Waals surface area contributed by atoms with Crippen LogP contribution in [0.4, 0.5) is 13.2 Å². The first-order chi connectivity index (χ1) is 8.57. The van der Waals surface area contributed by atoms with Crippen molar-refractivity contribution < 1.29 is 22.7 Å². The van der Waals surface area contributed by atoms with E-state index in [9.17, 15) is 18.0 Å². The monoisotopic (exact) mass is 282 g/mol. The van der Waals surface area contributed by atoms with Gasteiger partial charge in [0, 0.05) is 12.5 Å². The van der Waals surface area contributed by atoms with Crippen LogP contribution in [0.1, 0.15) is 40.0 Å². The van der Waals surface area contributed by atoms with E-state index < -0.39 is 29.8 Å². The number of primary amides is 1. The first kappa shape index (κ1) is 16.2. The lowest BCUT2D eigenvalue weighted by atomic mass is 9.95. The van der Waals surface area contributed by atoms with E-state index in [2.05, 4.69) is 5.32 Å². The van der Waals surface area contributed by atoms with E-state index in [-0.39, 0.29) is 12.5 Å². The molecule has 19 heavy (non-hydrogen) atoms. The van der Waals surface area contributed by atoms with E-state index in [4.69, 9.17) is 10.5 Å². The Balaban J connectivity index is 2.67. The van der Waals surface area contributed by atoms with Crippen molar-refractivity contribution in [2.45, 2.75) is 70.0 Å². The summed E-state index contributed by atoms with van der Waals surface area (Å²) in [5.74, 6) is -0.535. The summed E-state index contributed by atoms with van der Waals surface area (Å²) in [4.78, 5) is 11.6. The van der Waals surface area contributed by atoms with Crippen molar-refractivity contribution in [3.05, 3.63) is 0 Å². The minimum Gasteiger partial charge on any atom is -0.368 e. The lowest BCUT2D eigenvalue weighted by Crippen LogP contribution is -2.56. The van der Waals surface area contributed by atoms with Gasteiger partial charge in [0.15, 0.2) is 6.10 Å². The van der Waals surface area contributed by atoms with Crippen molar-refractivity contribution in [3.8, 4) is 0 Å². The fourth-order valence-corrected chi connectivity index (χ4v) is 2.46. The second-order valence-electron chi connectivity index (χ2n) is 5.43. The summed E-state index contributed by atoms with van der Waals surface area (Å²) in [6, 6.07) is 0.0197. The average Bonchev–Trinajstić information content (AvgIpc) is 2.60. The Bertz CT molecular complexity index is 333. The molecule has 1 saturated carbocycles. The molecule has 0 radical (unpaired) electrons. The van der Waals surface area contributed by atoms with Gasteiger partial charge in [0.05, 0.1) is 6.10 Å². The molecule has 4 nitrogen and oxygen atoms in total. The number of hydrogen-bond donors (Lipinski definition) is 2. The fourth-order valence-electron chi connectivity index (χ4n) is 2.46. The highest BCUT2D eigenvalue weighted by Gasteiger charge is 2.47. The highest BCUT2D eigenvalue weighted by Crippen LogP contribution is 2.35. The Kier molecular flexibility index (Phi) is 4.84. The SMILES string of the molecule is CC(C)NC1(C(N)=O)CCC(OC(C)C(F)(F)F)C1. The molecule has 3 unspecified atom stereocenters. The van der Waals surface area contributed by atoms with Gasteiger partial charge in [-0.15, -0.1) is 0 Å². The maximum Gasteiger partial charge on any atom is 0.414 e. The second-order valence-corrected chi connectivity index (χ2v) is 5.43. The van der Waals surface area contributed by atoms with Gasteiger partial charge in [-0.05, 0) is 33.6 Å². The van der Waals surface area contributed by atoms with Gasteiger partial charge in [-0.25, -0.2) is 0 Å². The van der Waals surface area contributed by atoms with Gasteiger partial charge in [0.25, 0.3) is 0 Å². The topological polar surface area (TPSA) is 64.3 Å². The maximum absolute atomic E-state index is 12.4. The molecule has 1 aliphatic carbocycles. The molecule has 3 N–H and O–H groups in total. The molecule has 1 aliphatic rings. The number of rotatable bonds is 5. The first-order valence-corrected chi connectivity index (χ1v) is 6.36. The Labute approximate surface area is 110 Å². The standard InChI is InChI=1S/C12H21F3N2O2/c1-7(2)17-11(10(16)18)5-4-9(6-11)19-8(3)12(13,14)15/h7-9,17H,4-6H2,1-3H3,(H2,16,18). The van der Waals surface area contributed by atoms with Crippen molar-refractivity contribution in [1.29, 1.82) is 0 Å². The molecule has 7 heteroatoms. The van der Waals surface area contributed by atoms with Crippen LogP contribution in [0.15, 0.2) is 0 Å². The van der Waals surface area contributed by atoms with Gasteiger partial charge in [-0.1, -0.05) is 0 Å². The first-order valence-electron chi connectivity index (χ1n) is 6.36. The molecular formula is C12H21F3N2O2. The summed E-state index contributed by atoms with van der Waals surface area (Å²) in [6.45, 7) is 4.69. The van der Waals surface area contributed by atoms with E-state index in [0.717, 1.165) is 6.92 Å². The lowest BCUT2D eigenvalue weighted by molar-refractivity contribution is -0.226. The van der Waals surface area contributed by atoms with Gasteiger partial charge < -0.3 is 15.8 Å². The molecule has 3 atom stereocenters. The van der Waals surface area contributed by atoms with Crippen LogP contribution >= 0.6 is 0 Å². The number of hydrogen-bond acceptors (Lipinski definition) is 3. The van der Waals surface area contributed by atoms with Gasteiger partial charge in [-0.2, -0.15) is 13.2 Å². The summed E-state index contributed by atoms with van der Waals surface area (Å²) in [5, 5.41) is 3.06. The summed E-state index contributed by atoms with van der Waals surface area (Å²) in [5.41, 5.74) is 4.43. The predicted molar refractivity (Wildman–Crippen MR) is 64.4 cm³/mol. The summed E-state index contributed by atoms with van der Waals surface area (Å²) < 4.78 is 42.3. The molecular weight excluding hydrogens is 261 g/mol. The zero-order valence-corrected chi connectivity index (χ0v) is 11.4. The average molecular weight is 282 g/mol. The van der Waals surface area contributed by atoms with E-state index >= 15 is 0 Å². The van der Waals surface area contributed by atoms with Crippen molar-refractivity contribution >= 4 is 5.91 Å². The minimum absolute atomic E-state index is 0.0197. The lowest BCUT2D eigenvalue weighted by Gasteiger charge is -2.30. The number of nitrogens with one attached hydrogen (secondary N) is 1. The van der Waals surface area contributed by atoms with Gasteiger partial charge >= 0.3 is 6.18 Å². The zero-order valence-electron chi connectivity index (χ0n) is 11.4. The highest BCUT2D eigenvalue weighted by atomic mass is 19.4. The zero-order chi connectivity index (χ0) is 14.8. The third-order valence-corrected chi connectivity index (χ3v) is 3.36. The Morgan fingerprint density at radius 1 is 1.42 bits per heavy atom. The maximum atomic E-state index is 12.4. The Morgan fingerprint density at radius 2 is 2.00 bits per heavy atom. The number of halogens is 3. The van der Waals surface area contributed by atoms with Crippen LogP contribution in [0, 0.1) is 0 Å². The van der Waals surface area contributed by atoms with E-state index in [1.165, 1.54) is 0 Å². The second kappa shape index (κ2) is 5.66. The van der Waals surface area contributed by atoms with E-state index in [0.29, 0.717) is 12.8 Å². The van der Waals surface area contributed by atoms with Gasteiger partial charge in [0.1, 0.15) is 5.54 Å². The summed E-state index contributed by atoms with van der Waals surface area (Å²) >= 11 is 0. The van der Waals surface area contributed by atoms with Crippen LogP contribution < -0.4 is 11.1 Å². The third kappa shape index (κ3) is 4.07. The summed E-state index contributed by atoms with van der Waals surface area (Å²) in [7, 11) is 0. The smallest absolute Gasteiger partial charge is 0.368 e. The highest BCUT2D eigenvalue weighted by molar-refractivity contribution is 5.85. The quantitative estimate of drug-likeness (QED) is 0.807. The molecule has 0 aliphatic heterocycles. The number of alkyl halides is 3. The molecule has 0 spiro atoms. The largest absolute Gasteiger partial charge is 0.414 e. The minimum atomic E-state index is -4.39. The van der Waals surface area contributed by atoms with Crippen LogP contribution in [0.3, 0.4) is 0 Å². The van der Waals surface area contributed by atoms with Crippen molar-refractivity contribution in [3.63, 3.8) is 0 Å². The van der Waals surface area contributed by atoms with Crippen molar-refractivity contribution in [1.82, 2.24) is 5.32 Å². The molecule has 112 valence electrons. The van der Waals surface area contributed by atoms with Gasteiger partial charge in [-0.3, -0.25) is 4.79 Å². The van der Waals surface area contributed by atoms with Crippen LogP contribution in [0.2, 0.25) is 0 Å². The molecule has 0 aromatic rings. The number of nitrogens with two attached hydrogens (primary N) is 1. The Hall–Kier alpha value is -0.820. The summed E-state index contributed by atoms with van der Waals surface area (Å²) in [6.07, 6.45) is -5.85. The number of carbonyl (C=O) groups is 1. The molecule has 0 heterocycles. The molecule has 1 fully saturated rings. The van der Waals surface area contributed by atoms with Gasteiger partial charge in [0.2, 0.25) is 5.91 Å². The number of ether oxygens (including phenoxy) is 1. The molecule has 1 rings (SSSR count). The van der Waals surface area contributed by atoms with Crippen LogP contribution in [-0.2, 0) is 9.53 Å². The van der Waals surface area contributed by atoms with Crippen molar-refractivity contribution in [2.75, 3.05) is 0 Å². The number of amides is 1. The molecule has 0 saturated heterocycles. The fraction of sp³-hybridized carbons (Fsp3) is 0.917. The third-order valence-electron chi connectivity index (χ3n) is 3.36. The molecule has 0 aromatic carbocycles. The van der Waals surface area contributed by atoms with Crippen molar-refractivity contribution in [2.24, 2.45) is 5.73 Å². The Morgan fingerprint density at radius 3 is 2.42 bits per heavy atom. The number of carbonyl (C=O) groups excluding carboxylic acids is 1. The van der Waals surface area contributed by atoms with Crippen LogP contribution in [0.5, 0.6) is 0 Å². The predicted octanol–water partition coefficient (Wildman–Crippen LogP) is 1.73. The molecule has 0 aromatic heterocycles. The van der Waals surface area contributed by atoms with E-state index in [1.54, 1.807) is 0 Å².